The van der Waals surface area contributed by atoms with Gasteiger partial charge in [-0.25, -0.2) is 13.1 Å². The number of fused-ring (bicyclic) bond motifs is 1. The molecule has 0 aliphatic heterocycles. The normalized spacial score (nSPS) is 12.2. The van der Waals surface area contributed by atoms with Crippen molar-refractivity contribution in [2.45, 2.75) is 37.7 Å². The van der Waals surface area contributed by atoms with Crippen LogP contribution in [0.1, 0.15) is 32.0 Å². The van der Waals surface area contributed by atoms with Crippen LogP contribution in [0.4, 0.5) is 5.82 Å². The third-order valence-corrected chi connectivity index (χ3v) is 6.54. The molecule has 4 aromatic rings. The van der Waals surface area contributed by atoms with Gasteiger partial charge in [-0.3, -0.25) is 9.71 Å². The molecule has 0 bridgehead atoms. The molecule has 4 rings (SSSR count). The average molecular weight is 451 g/mol. The van der Waals surface area contributed by atoms with Crippen molar-refractivity contribution in [1.29, 1.82) is 0 Å². The van der Waals surface area contributed by atoms with Crippen molar-refractivity contribution < 1.29 is 13.2 Å². The summed E-state index contributed by atoms with van der Waals surface area (Å²) in [5.74, 6) is 0.327. The molecule has 0 saturated heterocycles. The number of ether oxygens (including phenoxy) is 1. The summed E-state index contributed by atoms with van der Waals surface area (Å²) in [6, 6.07) is 18.0. The Kier molecular flexibility index (Phi) is 5.75. The molecule has 0 amide bonds. The number of hydrogen-bond acceptors (Lipinski definition) is 5. The molecule has 0 aliphatic carbocycles. The monoisotopic (exact) mass is 450 g/mol. The van der Waals surface area contributed by atoms with E-state index in [1.165, 1.54) is 0 Å². The highest BCUT2D eigenvalue weighted by Crippen LogP contribution is 2.27. The fourth-order valence-corrected chi connectivity index (χ4v) is 4.54. The number of pyridine rings is 1. The fraction of sp³-hybridized carbons (Fsp3) is 0.250. The van der Waals surface area contributed by atoms with Crippen LogP contribution in [0, 0.1) is 0 Å². The van der Waals surface area contributed by atoms with Crippen LogP contribution in [0.3, 0.4) is 0 Å². The number of nitrogens with zero attached hydrogens (tertiary/aromatic N) is 3. The highest BCUT2D eigenvalue weighted by atomic mass is 32.2. The molecule has 8 heteroatoms. The maximum absolute atomic E-state index is 13.2. The number of aromatic nitrogens is 3. The molecular weight excluding hydrogens is 424 g/mol. The molecule has 0 saturated carbocycles. The van der Waals surface area contributed by atoms with E-state index in [-0.39, 0.29) is 16.9 Å². The molecule has 0 fully saturated rings. The molecule has 2 aromatic heterocycles. The maximum atomic E-state index is 13.2. The molecule has 166 valence electrons. The summed E-state index contributed by atoms with van der Waals surface area (Å²) < 4.78 is 35.9. The van der Waals surface area contributed by atoms with E-state index < -0.39 is 10.0 Å². The first-order valence-electron chi connectivity index (χ1n) is 10.2. The van der Waals surface area contributed by atoms with Gasteiger partial charge in [0.2, 0.25) is 0 Å². The number of benzene rings is 2. The number of methoxy groups -OCH3 is 1. The van der Waals surface area contributed by atoms with E-state index in [1.807, 2.05) is 42.5 Å². The highest BCUT2D eigenvalue weighted by Gasteiger charge is 2.21. The fourth-order valence-electron chi connectivity index (χ4n) is 3.51. The Hall–Kier alpha value is -3.23. The van der Waals surface area contributed by atoms with Crippen molar-refractivity contribution in [3.63, 3.8) is 0 Å². The van der Waals surface area contributed by atoms with E-state index in [2.05, 4.69) is 35.6 Å². The van der Waals surface area contributed by atoms with E-state index in [0.29, 0.717) is 11.5 Å². The van der Waals surface area contributed by atoms with Crippen molar-refractivity contribution in [3.8, 4) is 5.69 Å². The molecule has 0 radical (unpaired) electrons. The van der Waals surface area contributed by atoms with Crippen LogP contribution in [0.25, 0.3) is 16.6 Å². The number of nitrogens with one attached hydrogen (secondary N) is 1. The molecular formula is C24H26N4O3S. The van der Waals surface area contributed by atoms with Gasteiger partial charge in [-0.05, 0) is 47.4 Å². The van der Waals surface area contributed by atoms with Crippen LogP contribution in [-0.2, 0) is 26.8 Å². The van der Waals surface area contributed by atoms with Crippen molar-refractivity contribution in [3.05, 3.63) is 78.1 Å². The van der Waals surface area contributed by atoms with Crippen molar-refractivity contribution in [1.82, 2.24) is 14.8 Å². The molecule has 0 spiro atoms. The SMILES string of the molecule is COCc1cc(NS(=O)(=O)c2ccc(C(C)(C)C)cc2)n(-c2cccc3ncccc23)n1. The van der Waals surface area contributed by atoms with E-state index in [4.69, 9.17) is 4.74 Å². The maximum Gasteiger partial charge on any atom is 0.263 e. The van der Waals surface area contributed by atoms with Gasteiger partial charge in [0.1, 0.15) is 5.82 Å². The Bertz CT molecular complexity index is 1350. The van der Waals surface area contributed by atoms with Gasteiger partial charge in [0, 0.05) is 24.8 Å². The van der Waals surface area contributed by atoms with Gasteiger partial charge in [0.25, 0.3) is 10.0 Å². The standard InChI is InChI=1S/C24H26N4O3S/c1-24(2,3)17-10-12-19(13-11-17)32(29,30)27-23-15-18(16-31-4)26-28(23)22-9-5-8-21-20(22)7-6-14-25-21/h5-15,27H,16H2,1-4H3. The molecule has 2 aromatic carbocycles. The Balaban J connectivity index is 1.77. The predicted octanol–water partition coefficient (Wildman–Crippen LogP) is 4.67. The number of sulfonamides is 1. The Morgan fingerprint density at radius 1 is 1.03 bits per heavy atom. The predicted molar refractivity (Wildman–Crippen MR) is 126 cm³/mol. The average Bonchev–Trinajstić information content (AvgIpc) is 3.14. The van der Waals surface area contributed by atoms with Crippen LogP contribution < -0.4 is 4.72 Å². The minimum atomic E-state index is -3.83. The molecule has 1 N–H and O–H groups in total. The van der Waals surface area contributed by atoms with Crippen LogP contribution in [0.15, 0.2) is 71.8 Å². The van der Waals surface area contributed by atoms with E-state index in [9.17, 15) is 8.42 Å². The zero-order valence-corrected chi connectivity index (χ0v) is 19.3. The summed E-state index contributed by atoms with van der Waals surface area (Å²) in [4.78, 5) is 4.57. The van der Waals surface area contributed by atoms with Gasteiger partial charge < -0.3 is 4.74 Å². The van der Waals surface area contributed by atoms with Crippen molar-refractivity contribution in [2.24, 2.45) is 0 Å². The highest BCUT2D eigenvalue weighted by molar-refractivity contribution is 7.92. The summed E-state index contributed by atoms with van der Waals surface area (Å²) >= 11 is 0. The lowest BCUT2D eigenvalue weighted by Crippen LogP contribution is -2.17. The largest absolute Gasteiger partial charge is 0.378 e. The summed E-state index contributed by atoms with van der Waals surface area (Å²) in [5.41, 5.74) is 3.12. The van der Waals surface area contributed by atoms with E-state index in [0.717, 1.165) is 22.2 Å². The van der Waals surface area contributed by atoms with Crippen LogP contribution in [0.5, 0.6) is 0 Å². The zero-order valence-electron chi connectivity index (χ0n) is 18.5. The topological polar surface area (TPSA) is 86.1 Å². The van der Waals surface area contributed by atoms with Crippen molar-refractivity contribution in [2.75, 3.05) is 11.8 Å². The van der Waals surface area contributed by atoms with Crippen LogP contribution >= 0.6 is 0 Å². The Morgan fingerprint density at radius 2 is 1.78 bits per heavy atom. The second-order valence-corrected chi connectivity index (χ2v) is 10.3. The first kappa shape index (κ1) is 22.0. The summed E-state index contributed by atoms with van der Waals surface area (Å²) in [7, 11) is -2.26. The third kappa shape index (κ3) is 4.37. The number of hydrogen-bond donors (Lipinski definition) is 1. The van der Waals surface area contributed by atoms with Gasteiger partial charge in [0.15, 0.2) is 0 Å². The van der Waals surface area contributed by atoms with Crippen molar-refractivity contribution >= 4 is 26.7 Å². The quantitative estimate of drug-likeness (QED) is 0.462. The first-order valence-corrected chi connectivity index (χ1v) is 11.7. The zero-order chi connectivity index (χ0) is 22.9. The molecule has 0 atom stereocenters. The Morgan fingerprint density at radius 3 is 2.47 bits per heavy atom. The second-order valence-electron chi connectivity index (χ2n) is 8.59. The minimum Gasteiger partial charge on any atom is -0.378 e. The molecule has 32 heavy (non-hydrogen) atoms. The van der Waals surface area contributed by atoms with Gasteiger partial charge >= 0.3 is 0 Å². The van der Waals surface area contributed by atoms with Crippen LogP contribution in [-0.4, -0.2) is 30.3 Å². The lowest BCUT2D eigenvalue weighted by atomic mass is 9.87. The third-order valence-electron chi connectivity index (χ3n) is 5.17. The molecule has 0 unspecified atom stereocenters. The number of rotatable bonds is 6. The van der Waals surface area contributed by atoms with Crippen LogP contribution in [0.2, 0.25) is 0 Å². The molecule has 2 heterocycles. The molecule has 7 nitrogen and oxygen atoms in total. The van der Waals surface area contributed by atoms with E-state index in [1.54, 1.807) is 36.2 Å². The lowest BCUT2D eigenvalue weighted by molar-refractivity contribution is 0.181. The minimum absolute atomic E-state index is 0.0637. The Labute approximate surface area is 188 Å². The van der Waals surface area contributed by atoms with Gasteiger partial charge in [-0.2, -0.15) is 5.10 Å². The summed E-state index contributed by atoms with van der Waals surface area (Å²) in [5, 5.41) is 5.44. The summed E-state index contributed by atoms with van der Waals surface area (Å²) in [6.45, 7) is 6.52. The summed E-state index contributed by atoms with van der Waals surface area (Å²) in [6.07, 6.45) is 1.72. The molecule has 0 aliphatic rings. The van der Waals surface area contributed by atoms with E-state index >= 15 is 0 Å². The van der Waals surface area contributed by atoms with Gasteiger partial charge in [0.05, 0.1) is 28.4 Å². The van der Waals surface area contributed by atoms with Gasteiger partial charge in [-0.15, -0.1) is 0 Å². The smallest absolute Gasteiger partial charge is 0.263 e. The lowest BCUT2D eigenvalue weighted by Gasteiger charge is -2.19. The van der Waals surface area contributed by atoms with Gasteiger partial charge in [-0.1, -0.05) is 39.0 Å². The first-order chi connectivity index (χ1) is 15.2. The second kappa shape index (κ2) is 8.37. The number of anilines is 1.